The summed E-state index contributed by atoms with van der Waals surface area (Å²) in [5.74, 6) is -0.354. The van der Waals surface area contributed by atoms with Crippen LogP contribution in [0.5, 0.6) is 0 Å². The number of carbonyl (C=O) groups is 2. The van der Waals surface area contributed by atoms with Gasteiger partial charge in [0.1, 0.15) is 0 Å². The van der Waals surface area contributed by atoms with Gasteiger partial charge in [0.2, 0.25) is 11.8 Å². The summed E-state index contributed by atoms with van der Waals surface area (Å²) in [5, 5.41) is 2.72. The zero-order chi connectivity index (χ0) is 13.6. The lowest BCUT2D eigenvalue weighted by Crippen LogP contribution is -2.51. The molecule has 0 aliphatic rings. The molecule has 0 saturated carbocycles. The zero-order valence-corrected chi connectivity index (χ0v) is 11.5. The van der Waals surface area contributed by atoms with Crippen molar-refractivity contribution in [3.8, 4) is 0 Å². The molecule has 0 aliphatic carbocycles. The van der Waals surface area contributed by atoms with Gasteiger partial charge in [0, 0.05) is 13.6 Å². The molecule has 5 heteroatoms. The maximum absolute atomic E-state index is 11.9. The minimum absolute atomic E-state index is 0.0581. The molecule has 1 unspecified atom stereocenters. The molecule has 0 aromatic heterocycles. The molecule has 0 aromatic carbocycles. The van der Waals surface area contributed by atoms with Crippen LogP contribution in [0.2, 0.25) is 0 Å². The fourth-order valence-corrected chi connectivity index (χ4v) is 1.22. The Hall–Kier alpha value is -1.10. The number of nitrogens with one attached hydrogen (secondary N) is 1. The fourth-order valence-electron chi connectivity index (χ4n) is 1.22. The van der Waals surface area contributed by atoms with Gasteiger partial charge in [-0.25, -0.2) is 0 Å². The van der Waals surface area contributed by atoms with E-state index in [1.54, 1.807) is 7.05 Å². The molecule has 0 saturated heterocycles. The zero-order valence-electron chi connectivity index (χ0n) is 11.5. The van der Waals surface area contributed by atoms with Crippen LogP contribution in [0, 0.1) is 5.41 Å². The highest BCUT2D eigenvalue weighted by atomic mass is 16.2. The number of hydrogen-bond acceptors (Lipinski definition) is 3. The first-order valence-corrected chi connectivity index (χ1v) is 5.97. The molecule has 3 N–H and O–H groups in total. The predicted octanol–water partition coefficient (Wildman–Crippen LogP) is 0.344. The molecular weight excluding hydrogens is 218 g/mol. The first-order valence-electron chi connectivity index (χ1n) is 5.97. The van der Waals surface area contributed by atoms with Crippen LogP contribution >= 0.6 is 0 Å². The Morgan fingerprint density at radius 2 is 1.88 bits per heavy atom. The van der Waals surface area contributed by atoms with Crippen LogP contribution in [0.1, 0.15) is 34.1 Å². The van der Waals surface area contributed by atoms with Gasteiger partial charge in [-0.15, -0.1) is 0 Å². The standard InChI is InChI=1S/C12H25N3O2/c1-6-7-14-9(16)8-15(5)11(17)10(13)12(2,3)4/h10H,6-8,13H2,1-5H3,(H,14,16). The minimum Gasteiger partial charge on any atom is -0.355 e. The molecule has 100 valence electrons. The van der Waals surface area contributed by atoms with Gasteiger partial charge < -0.3 is 16.0 Å². The number of nitrogens with zero attached hydrogens (tertiary/aromatic N) is 1. The third-order valence-electron chi connectivity index (χ3n) is 2.53. The Bertz CT molecular complexity index is 271. The van der Waals surface area contributed by atoms with E-state index in [9.17, 15) is 9.59 Å². The molecular formula is C12H25N3O2. The van der Waals surface area contributed by atoms with Crippen LogP contribution < -0.4 is 11.1 Å². The monoisotopic (exact) mass is 243 g/mol. The Balaban J connectivity index is 4.27. The van der Waals surface area contributed by atoms with Gasteiger partial charge in [-0.05, 0) is 11.8 Å². The van der Waals surface area contributed by atoms with E-state index < -0.39 is 6.04 Å². The predicted molar refractivity (Wildman–Crippen MR) is 68.4 cm³/mol. The normalized spacial score (nSPS) is 13.1. The van der Waals surface area contributed by atoms with Crippen molar-refractivity contribution in [2.45, 2.75) is 40.2 Å². The van der Waals surface area contributed by atoms with E-state index in [1.807, 2.05) is 27.7 Å². The van der Waals surface area contributed by atoms with Crippen molar-refractivity contribution in [1.29, 1.82) is 0 Å². The summed E-state index contributed by atoms with van der Waals surface area (Å²) >= 11 is 0. The van der Waals surface area contributed by atoms with E-state index in [2.05, 4.69) is 5.32 Å². The lowest BCUT2D eigenvalue weighted by molar-refractivity contribution is -0.137. The summed E-state index contributed by atoms with van der Waals surface area (Å²) in [6.07, 6.45) is 0.880. The van der Waals surface area contributed by atoms with Gasteiger partial charge in [0.15, 0.2) is 0 Å². The molecule has 17 heavy (non-hydrogen) atoms. The van der Waals surface area contributed by atoms with Crippen LogP contribution in [0.3, 0.4) is 0 Å². The second kappa shape index (κ2) is 6.59. The number of likely N-dealkylation sites (N-methyl/N-ethyl adjacent to an activating group) is 1. The number of nitrogens with two attached hydrogens (primary N) is 1. The molecule has 0 aromatic rings. The highest BCUT2D eigenvalue weighted by molar-refractivity contribution is 5.87. The van der Waals surface area contributed by atoms with E-state index in [0.29, 0.717) is 6.54 Å². The van der Waals surface area contributed by atoms with Crippen LogP contribution in [0.25, 0.3) is 0 Å². The van der Waals surface area contributed by atoms with Gasteiger partial charge in [-0.2, -0.15) is 0 Å². The highest BCUT2D eigenvalue weighted by Crippen LogP contribution is 2.18. The molecule has 0 heterocycles. The Morgan fingerprint density at radius 3 is 2.29 bits per heavy atom. The fraction of sp³-hybridized carbons (Fsp3) is 0.833. The Kier molecular flexibility index (Phi) is 6.16. The summed E-state index contributed by atoms with van der Waals surface area (Å²) in [7, 11) is 1.60. The second-order valence-electron chi connectivity index (χ2n) is 5.39. The number of rotatable bonds is 5. The number of carbonyl (C=O) groups excluding carboxylic acids is 2. The maximum atomic E-state index is 11.9. The molecule has 0 aliphatic heterocycles. The number of hydrogen-bond donors (Lipinski definition) is 2. The molecule has 0 spiro atoms. The Morgan fingerprint density at radius 1 is 1.35 bits per heavy atom. The highest BCUT2D eigenvalue weighted by Gasteiger charge is 2.30. The molecule has 2 amide bonds. The van der Waals surface area contributed by atoms with Crippen LogP contribution in [0.4, 0.5) is 0 Å². The summed E-state index contributed by atoms with van der Waals surface area (Å²) in [6, 6.07) is -0.591. The van der Waals surface area contributed by atoms with Crippen LogP contribution in [-0.4, -0.2) is 42.9 Å². The molecule has 0 rings (SSSR count). The summed E-state index contributed by atoms with van der Waals surface area (Å²) in [4.78, 5) is 24.7. The van der Waals surface area contributed by atoms with Crippen LogP contribution in [-0.2, 0) is 9.59 Å². The van der Waals surface area contributed by atoms with Crippen molar-refractivity contribution in [2.75, 3.05) is 20.1 Å². The van der Waals surface area contributed by atoms with Gasteiger partial charge in [0.05, 0.1) is 12.6 Å². The first kappa shape index (κ1) is 15.9. The van der Waals surface area contributed by atoms with Gasteiger partial charge in [-0.1, -0.05) is 27.7 Å². The summed E-state index contributed by atoms with van der Waals surface area (Å²) in [5.41, 5.74) is 5.55. The molecule has 0 bridgehead atoms. The first-order chi connectivity index (χ1) is 7.70. The van der Waals surface area contributed by atoms with Crippen molar-refractivity contribution < 1.29 is 9.59 Å². The molecule has 5 nitrogen and oxygen atoms in total. The quantitative estimate of drug-likeness (QED) is 0.731. The maximum Gasteiger partial charge on any atom is 0.240 e. The molecule has 0 fully saturated rings. The van der Waals surface area contributed by atoms with Gasteiger partial charge in [-0.3, -0.25) is 9.59 Å². The van der Waals surface area contributed by atoms with E-state index in [0.717, 1.165) is 6.42 Å². The topological polar surface area (TPSA) is 75.4 Å². The Labute approximate surface area is 104 Å². The van der Waals surface area contributed by atoms with Crippen molar-refractivity contribution in [3.05, 3.63) is 0 Å². The molecule has 1 atom stereocenters. The molecule has 0 radical (unpaired) electrons. The van der Waals surface area contributed by atoms with Gasteiger partial charge >= 0.3 is 0 Å². The average Bonchev–Trinajstić information content (AvgIpc) is 2.22. The van der Waals surface area contributed by atoms with Gasteiger partial charge in [0.25, 0.3) is 0 Å². The summed E-state index contributed by atoms with van der Waals surface area (Å²) < 4.78 is 0. The lowest BCUT2D eigenvalue weighted by Gasteiger charge is -2.29. The van der Waals surface area contributed by atoms with Crippen molar-refractivity contribution in [2.24, 2.45) is 11.1 Å². The lowest BCUT2D eigenvalue weighted by atomic mass is 9.86. The van der Waals surface area contributed by atoms with Crippen molar-refractivity contribution in [1.82, 2.24) is 10.2 Å². The van der Waals surface area contributed by atoms with Crippen LogP contribution in [0.15, 0.2) is 0 Å². The third-order valence-corrected chi connectivity index (χ3v) is 2.53. The largest absolute Gasteiger partial charge is 0.355 e. The number of amides is 2. The minimum atomic E-state index is -0.591. The van der Waals surface area contributed by atoms with Crippen molar-refractivity contribution >= 4 is 11.8 Å². The smallest absolute Gasteiger partial charge is 0.240 e. The van der Waals surface area contributed by atoms with E-state index in [1.165, 1.54) is 4.90 Å². The SMILES string of the molecule is CCCNC(=O)CN(C)C(=O)C(N)C(C)(C)C. The summed E-state index contributed by atoms with van der Waals surface area (Å²) in [6.45, 7) is 8.38. The third kappa shape index (κ3) is 5.68. The van der Waals surface area contributed by atoms with E-state index in [-0.39, 0.29) is 23.8 Å². The van der Waals surface area contributed by atoms with E-state index >= 15 is 0 Å². The second-order valence-corrected chi connectivity index (χ2v) is 5.39. The van der Waals surface area contributed by atoms with E-state index in [4.69, 9.17) is 5.73 Å². The average molecular weight is 243 g/mol. The van der Waals surface area contributed by atoms with Crippen molar-refractivity contribution in [3.63, 3.8) is 0 Å².